The maximum atomic E-state index is 5.80. The second kappa shape index (κ2) is 7.51. The molecule has 1 aromatic heterocycles. The zero-order valence-corrected chi connectivity index (χ0v) is 13.2. The van der Waals surface area contributed by atoms with E-state index in [1.807, 2.05) is 0 Å². The minimum Gasteiger partial charge on any atom is -0.493 e. The Bertz CT molecular complexity index is 652. The van der Waals surface area contributed by atoms with E-state index in [9.17, 15) is 0 Å². The van der Waals surface area contributed by atoms with Crippen molar-refractivity contribution < 1.29 is 14.2 Å². The number of nitrogens with zero attached hydrogens (tertiary/aromatic N) is 2. The number of hydrogen-bond acceptors (Lipinski definition) is 6. The highest BCUT2D eigenvalue weighted by Crippen LogP contribution is 2.37. The van der Waals surface area contributed by atoms with E-state index in [0.29, 0.717) is 28.2 Å². The largest absolute Gasteiger partial charge is 0.493 e. The molecule has 0 radical (unpaired) electrons. The minimum absolute atomic E-state index is 0.396. The lowest BCUT2D eigenvalue weighted by Gasteiger charge is -2.12. The predicted molar refractivity (Wildman–Crippen MR) is 86.6 cm³/mol. The molecule has 0 saturated heterocycles. The van der Waals surface area contributed by atoms with Crippen molar-refractivity contribution in [3.05, 3.63) is 41.0 Å². The highest BCUT2D eigenvalue weighted by Gasteiger charge is 2.12. The van der Waals surface area contributed by atoms with Crippen molar-refractivity contribution in [3.8, 4) is 17.2 Å². The first-order chi connectivity index (χ1) is 10.7. The fourth-order valence-electron chi connectivity index (χ4n) is 1.82. The first-order valence-electron chi connectivity index (χ1n) is 6.39. The number of halogens is 1. The first kappa shape index (κ1) is 15.9. The van der Waals surface area contributed by atoms with Crippen LogP contribution in [0, 0.1) is 0 Å². The third kappa shape index (κ3) is 3.79. The maximum absolute atomic E-state index is 5.80. The zero-order valence-electron chi connectivity index (χ0n) is 12.5. The molecule has 1 N–H and O–H groups in total. The summed E-state index contributed by atoms with van der Waals surface area (Å²) in [7, 11) is 4.68. The fraction of sp³-hybridized carbons (Fsp3) is 0.200. The molecular formula is C15H16ClN3O3. The summed E-state index contributed by atoms with van der Waals surface area (Å²) in [5.41, 5.74) is 3.58. The van der Waals surface area contributed by atoms with Gasteiger partial charge in [0.05, 0.1) is 27.5 Å². The van der Waals surface area contributed by atoms with Crippen LogP contribution in [0.1, 0.15) is 5.56 Å². The molecule has 0 bridgehead atoms. The van der Waals surface area contributed by atoms with Crippen molar-refractivity contribution >= 4 is 23.6 Å². The molecule has 0 atom stereocenters. The normalized spacial score (nSPS) is 10.5. The Morgan fingerprint density at radius 1 is 1.09 bits per heavy atom. The molecule has 7 heteroatoms. The maximum Gasteiger partial charge on any atom is 0.203 e. The average molecular weight is 322 g/mol. The van der Waals surface area contributed by atoms with Crippen LogP contribution in [-0.4, -0.2) is 32.5 Å². The van der Waals surface area contributed by atoms with Crippen molar-refractivity contribution in [2.24, 2.45) is 5.10 Å². The molecule has 2 aromatic rings. The highest BCUT2D eigenvalue weighted by molar-refractivity contribution is 6.29. The highest BCUT2D eigenvalue weighted by atomic mass is 35.5. The Kier molecular flexibility index (Phi) is 5.43. The number of ether oxygens (including phenoxy) is 3. The number of pyridine rings is 1. The Labute approximate surface area is 133 Å². The van der Waals surface area contributed by atoms with Gasteiger partial charge in [-0.05, 0) is 24.3 Å². The lowest BCUT2D eigenvalue weighted by Crippen LogP contribution is -1.98. The zero-order chi connectivity index (χ0) is 15.9. The fourth-order valence-corrected chi connectivity index (χ4v) is 1.98. The molecular weight excluding hydrogens is 306 g/mol. The van der Waals surface area contributed by atoms with E-state index in [-0.39, 0.29) is 0 Å². The number of anilines is 1. The van der Waals surface area contributed by atoms with Crippen LogP contribution in [0.5, 0.6) is 17.2 Å². The van der Waals surface area contributed by atoms with Gasteiger partial charge < -0.3 is 14.2 Å². The average Bonchev–Trinajstić information content (AvgIpc) is 2.53. The van der Waals surface area contributed by atoms with Gasteiger partial charge >= 0.3 is 0 Å². The van der Waals surface area contributed by atoms with E-state index in [2.05, 4.69) is 15.5 Å². The summed E-state index contributed by atoms with van der Waals surface area (Å²) in [5, 5.41) is 4.51. The van der Waals surface area contributed by atoms with Crippen molar-refractivity contribution in [1.82, 2.24) is 4.98 Å². The van der Waals surface area contributed by atoms with E-state index in [1.165, 1.54) is 0 Å². The van der Waals surface area contributed by atoms with E-state index in [4.69, 9.17) is 25.8 Å². The van der Waals surface area contributed by atoms with Crippen LogP contribution in [-0.2, 0) is 0 Å². The van der Waals surface area contributed by atoms with Crippen LogP contribution in [0.4, 0.5) is 5.82 Å². The molecule has 1 heterocycles. The second-order valence-corrected chi connectivity index (χ2v) is 4.56. The van der Waals surface area contributed by atoms with Crippen molar-refractivity contribution in [3.63, 3.8) is 0 Å². The van der Waals surface area contributed by atoms with Gasteiger partial charge in [0.25, 0.3) is 0 Å². The molecule has 22 heavy (non-hydrogen) atoms. The number of nitrogens with one attached hydrogen (secondary N) is 1. The summed E-state index contributed by atoms with van der Waals surface area (Å²) in [6.45, 7) is 0. The molecule has 0 fully saturated rings. The van der Waals surface area contributed by atoms with Gasteiger partial charge in [0, 0.05) is 5.56 Å². The van der Waals surface area contributed by atoms with Crippen LogP contribution in [0.2, 0.25) is 5.15 Å². The number of rotatable bonds is 6. The molecule has 1 aromatic carbocycles. The number of aromatic nitrogens is 1. The van der Waals surface area contributed by atoms with Crippen molar-refractivity contribution in [2.45, 2.75) is 0 Å². The third-order valence-corrected chi connectivity index (χ3v) is 3.01. The first-order valence-corrected chi connectivity index (χ1v) is 6.77. The molecule has 0 amide bonds. The monoisotopic (exact) mass is 321 g/mol. The van der Waals surface area contributed by atoms with Crippen LogP contribution >= 0.6 is 11.6 Å². The summed E-state index contributed by atoms with van der Waals surface area (Å²) < 4.78 is 15.8. The molecule has 0 saturated carbocycles. The van der Waals surface area contributed by atoms with E-state index >= 15 is 0 Å². The lowest BCUT2D eigenvalue weighted by molar-refractivity contribution is 0.324. The van der Waals surface area contributed by atoms with Gasteiger partial charge in [0.15, 0.2) is 11.5 Å². The molecule has 0 aliphatic rings. The van der Waals surface area contributed by atoms with Gasteiger partial charge in [0.1, 0.15) is 11.0 Å². The minimum atomic E-state index is 0.396. The summed E-state index contributed by atoms with van der Waals surface area (Å²) >= 11 is 5.80. The number of benzene rings is 1. The van der Waals surface area contributed by atoms with Gasteiger partial charge in [-0.1, -0.05) is 17.7 Å². The van der Waals surface area contributed by atoms with Gasteiger partial charge in [0.2, 0.25) is 5.75 Å². The second-order valence-electron chi connectivity index (χ2n) is 4.17. The summed E-state index contributed by atoms with van der Waals surface area (Å²) in [4.78, 5) is 4.07. The van der Waals surface area contributed by atoms with E-state index < -0.39 is 0 Å². The van der Waals surface area contributed by atoms with Crippen molar-refractivity contribution in [2.75, 3.05) is 26.8 Å². The number of hydrogen-bond donors (Lipinski definition) is 1. The quantitative estimate of drug-likeness (QED) is 0.503. The molecule has 0 aliphatic carbocycles. The van der Waals surface area contributed by atoms with Crippen molar-refractivity contribution in [1.29, 1.82) is 0 Å². The summed E-state index contributed by atoms with van der Waals surface area (Å²) in [6.07, 6.45) is 1.62. The molecule has 0 aliphatic heterocycles. The molecule has 116 valence electrons. The standard InChI is InChI=1S/C15H16ClN3O3/c1-20-11-7-10(8-12(21-2)15(11)22-3)9-17-19-14-6-4-5-13(16)18-14/h4-9H,1-3H3,(H,18,19)/b17-9+. The Morgan fingerprint density at radius 2 is 1.77 bits per heavy atom. The van der Waals surface area contributed by atoms with Crippen LogP contribution in [0.3, 0.4) is 0 Å². The third-order valence-electron chi connectivity index (χ3n) is 2.79. The summed E-state index contributed by atoms with van der Waals surface area (Å²) in [5.74, 6) is 2.20. The Balaban J connectivity index is 2.20. The Hall–Kier alpha value is -2.47. The van der Waals surface area contributed by atoms with Crippen LogP contribution < -0.4 is 19.6 Å². The van der Waals surface area contributed by atoms with Gasteiger partial charge in [-0.15, -0.1) is 0 Å². The van der Waals surface area contributed by atoms with Gasteiger partial charge in [-0.25, -0.2) is 4.98 Å². The van der Waals surface area contributed by atoms with E-state index in [0.717, 1.165) is 5.56 Å². The predicted octanol–water partition coefficient (Wildman–Crippen LogP) is 3.21. The van der Waals surface area contributed by atoms with Gasteiger partial charge in [-0.2, -0.15) is 5.10 Å². The SMILES string of the molecule is COc1cc(/C=N/Nc2cccc(Cl)n2)cc(OC)c1OC. The van der Waals surface area contributed by atoms with Gasteiger partial charge in [-0.3, -0.25) is 5.43 Å². The molecule has 0 unspecified atom stereocenters. The lowest BCUT2D eigenvalue weighted by atomic mass is 10.2. The number of methoxy groups -OCH3 is 3. The van der Waals surface area contributed by atoms with E-state index in [1.54, 1.807) is 57.9 Å². The Morgan fingerprint density at radius 3 is 2.32 bits per heavy atom. The van der Waals surface area contributed by atoms with Crippen LogP contribution in [0.25, 0.3) is 0 Å². The topological polar surface area (TPSA) is 65.0 Å². The van der Waals surface area contributed by atoms with Crippen LogP contribution in [0.15, 0.2) is 35.4 Å². The molecule has 6 nitrogen and oxygen atoms in total. The molecule has 0 spiro atoms. The smallest absolute Gasteiger partial charge is 0.203 e. The number of hydrazone groups is 1. The summed E-state index contributed by atoms with van der Waals surface area (Å²) in [6, 6.07) is 8.82. The molecule has 2 rings (SSSR count).